The number of nitro benzene ring substituents is 1. The van der Waals surface area contributed by atoms with E-state index < -0.39 is 10.3 Å². The lowest BCUT2D eigenvalue weighted by Gasteiger charge is -2.24. The molecule has 0 aliphatic carbocycles. The smallest absolute Gasteiger partial charge is 0.278 e. The molecule has 0 heterocycles. The van der Waals surface area contributed by atoms with Crippen LogP contribution in [0.5, 0.6) is 5.75 Å². The highest BCUT2D eigenvalue weighted by atomic mass is 16.6. The molecule has 1 rings (SSSR count). The van der Waals surface area contributed by atoms with E-state index in [1.54, 1.807) is 13.8 Å². The van der Waals surface area contributed by atoms with Gasteiger partial charge in [-0.05, 0) is 26.3 Å². The van der Waals surface area contributed by atoms with Gasteiger partial charge in [-0.3, -0.25) is 14.9 Å². The number of nitroso groups, excluding NO2 is 1. The van der Waals surface area contributed by atoms with Crippen LogP contribution in [0.4, 0.5) is 5.69 Å². The second-order valence-electron chi connectivity index (χ2n) is 5.73. The highest BCUT2D eigenvalue weighted by Crippen LogP contribution is 2.30. The predicted molar refractivity (Wildman–Crippen MR) is 85.2 cm³/mol. The Balaban J connectivity index is 2.92. The zero-order valence-corrected chi connectivity index (χ0v) is 13.5. The van der Waals surface area contributed by atoms with Crippen molar-refractivity contribution >= 4 is 11.6 Å². The van der Waals surface area contributed by atoms with Crippen molar-refractivity contribution in [3.8, 4) is 5.75 Å². The van der Waals surface area contributed by atoms with Gasteiger partial charge in [0.25, 0.3) is 5.69 Å². The van der Waals surface area contributed by atoms with Crippen LogP contribution in [0.15, 0.2) is 23.4 Å². The Bertz CT molecular complexity index is 586. The summed E-state index contributed by atoms with van der Waals surface area (Å²) in [6.07, 6.45) is 0.822. The minimum Gasteiger partial charge on any atom is -0.492 e. The summed E-state index contributed by atoms with van der Waals surface area (Å²) in [5, 5.41) is 16.5. The van der Waals surface area contributed by atoms with E-state index in [9.17, 15) is 19.8 Å². The van der Waals surface area contributed by atoms with Gasteiger partial charge >= 0.3 is 0 Å². The van der Waals surface area contributed by atoms with Gasteiger partial charge in [0.2, 0.25) is 5.91 Å². The molecule has 0 aliphatic heterocycles. The minimum absolute atomic E-state index is 0.0234. The number of amides is 1. The van der Waals surface area contributed by atoms with Crippen LogP contribution >= 0.6 is 0 Å². The van der Waals surface area contributed by atoms with E-state index in [0.29, 0.717) is 6.54 Å². The zero-order valence-electron chi connectivity index (χ0n) is 13.5. The number of carbonyl (C=O) groups is 1. The van der Waals surface area contributed by atoms with Crippen LogP contribution in [-0.4, -0.2) is 24.0 Å². The molecule has 8 heteroatoms. The zero-order chi connectivity index (χ0) is 17.5. The number of ether oxygens (including phenoxy) is 1. The van der Waals surface area contributed by atoms with Crippen molar-refractivity contribution in [1.82, 2.24) is 5.32 Å². The number of rotatable bonds is 9. The summed E-state index contributed by atoms with van der Waals surface area (Å²) in [4.78, 5) is 33.0. The quantitative estimate of drug-likeness (QED) is 0.427. The molecule has 0 radical (unpaired) electrons. The van der Waals surface area contributed by atoms with Gasteiger partial charge in [-0.15, -0.1) is 0 Å². The third-order valence-electron chi connectivity index (χ3n) is 3.27. The monoisotopic (exact) mass is 323 g/mol. The summed E-state index contributed by atoms with van der Waals surface area (Å²) < 4.78 is 5.58. The number of carbonyl (C=O) groups excluding carboxylic acids is 1. The van der Waals surface area contributed by atoms with Crippen molar-refractivity contribution in [3.05, 3.63) is 38.8 Å². The van der Waals surface area contributed by atoms with Crippen LogP contribution in [0.25, 0.3) is 0 Å². The van der Waals surface area contributed by atoms with E-state index in [-0.39, 0.29) is 36.1 Å². The second kappa shape index (κ2) is 8.21. The van der Waals surface area contributed by atoms with E-state index in [1.165, 1.54) is 18.2 Å². The van der Waals surface area contributed by atoms with Gasteiger partial charge < -0.3 is 10.1 Å². The predicted octanol–water partition coefficient (Wildman–Crippen LogP) is 2.79. The van der Waals surface area contributed by atoms with E-state index >= 15 is 0 Å². The van der Waals surface area contributed by atoms with E-state index in [2.05, 4.69) is 10.5 Å². The molecule has 126 valence electrons. The molecule has 0 saturated heterocycles. The van der Waals surface area contributed by atoms with E-state index in [4.69, 9.17) is 4.74 Å². The molecule has 0 fully saturated rings. The third-order valence-corrected chi connectivity index (χ3v) is 3.27. The first kappa shape index (κ1) is 18.5. The van der Waals surface area contributed by atoms with Crippen LogP contribution in [0, 0.1) is 20.4 Å². The average molecular weight is 323 g/mol. The summed E-state index contributed by atoms with van der Waals surface area (Å²) in [6.45, 7) is 5.61. The molecular weight excluding hydrogens is 302 g/mol. The number of nitrogens with one attached hydrogen (secondary N) is 1. The summed E-state index contributed by atoms with van der Waals surface area (Å²) in [7, 11) is 0. The van der Waals surface area contributed by atoms with E-state index in [0.717, 1.165) is 6.42 Å². The van der Waals surface area contributed by atoms with Gasteiger partial charge in [-0.25, -0.2) is 0 Å². The van der Waals surface area contributed by atoms with Gasteiger partial charge in [0.1, 0.15) is 18.9 Å². The van der Waals surface area contributed by atoms with Crippen LogP contribution in [0.3, 0.4) is 0 Å². The Morgan fingerprint density at radius 2 is 2.13 bits per heavy atom. The van der Waals surface area contributed by atoms with Crippen molar-refractivity contribution in [2.24, 2.45) is 10.6 Å². The maximum absolute atomic E-state index is 12.1. The first-order valence-electron chi connectivity index (χ1n) is 7.30. The summed E-state index contributed by atoms with van der Waals surface area (Å²) in [5.41, 5.74) is -0.932. The third kappa shape index (κ3) is 5.01. The normalized spacial score (nSPS) is 10.9. The van der Waals surface area contributed by atoms with Crippen molar-refractivity contribution in [1.29, 1.82) is 0 Å². The van der Waals surface area contributed by atoms with Crippen molar-refractivity contribution in [2.75, 3.05) is 13.2 Å². The molecule has 0 bridgehead atoms. The van der Waals surface area contributed by atoms with Gasteiger partial charge in [0, 0.05) is 12.6 Å². The summed E-state index contributed by atoms with van der Waals surface area (Å²) in [5.74, 6) is 0.0232. The van der Waals surface area contributed by atoms with Gasteiger partial charge in [0.05, 0.1) is 15.9 Å². The topological polar surface area (TPSA) is 111 Å². The van der Waals surface area contributed by atoms with Crippen LogP contribution in [0.1, 0.15) is 32.8 Å². The Labute approximate surface area is 134 Å². The molecule has 8 nitrogen and oxygen atoms in total. The Hall–Kier alpha value is -2.51. The fourth-order valence-electron chi connectivity index (χ4n) is 1.89. The molecule has 23 heavy (non-hydrogen) atoms. The standard InChI is InChI=1S/C15H21N3O5/c1-4-8-16-14(19)15(2,3)10-23-13-7-5-6-12(18(21)22)11(13)9-17-20/h5-7H,4,8-10H2,1-3H3,(H,16,19). The fourth-order valence-corrected chi connectivity index (χ4v) is 1.89. The molecule has 0 spiro atoms. The molecule has 0 saturated carbocycles. The molecule has 0 unspecified atom stereocenters. The van der Waals surface area contributed by atoms with E-state index in [1.807, 2.05) is 6.92 Å². The summed E-state index contributed by atoms with van der Waals surface area (Å²) in [6, 6.07) is 4.27. The molecular formula is C15H21N3O5. The Morgan fingerprint density at radius 1 is 1.43 bits per heavy atom. The lowest BCUT2D eigenvalue weighted by molar-refractivity contribution is -0.385. The second-order valence-corrected chi connectivity index (χ2v) is 5.73. The lowest BCUT2D eigenvalue weighted by atomic mass is 9.93. The lowest BCUT2D eigenvalue weighted by Crippen LogP contribution is -2.41. The molecule has 1 aromatic carbocycles. The molecule has 0 atom stereocenters. The van der Waals surface area contributed by atoms with Crippen LogP contribution < -0.4 is 10.1 Å². The summed E-state index contributed by atoms with van der Waals surface area (Å²) >= 11 is 0. The first-order valence-corrected chi connectivity index (χ1v) is 7.30. The first-order chi connectivity index (χ1) is 10.8. The minimum atomic E-state index is -0.814. The van der Waals surface area contributed by atoms with Crippen LogP contribution in [0.2, 0.25) is 0 Å². The maximum Gasteiger partial charge on any atom is 0.278 e. The van der Waals surface area contributed by atoms with Crippen molar-refractivity contribution < 1.29 is 14.5 Å². The molecule has 1 amide bonds. The van der Waals surface area contributed by atoms with Gasteiger partial charge in [-0.1, -0.05) is 18.2 Å². The number of nitro groups is 1. The number of hydrogen-bond donors (Lipinski definition) is 1. The van der Waals surface area contributed by atoms with Crippen molar-refractivity contribution in [3.63, 3.8) is 0 Å². The van der Waals surface area contributed by atoms with Crippen LogP contribution in [-0.2, 0) is 11.3 Å². The van der Waals surface area contributed by atoms with Gasteiger partial charge in [-0.2, -0.15) is 4.91 Å². The number of benzene rings is 1. The Morgan fingerprint density at radius 3 is 2.70 bits per heavy atom. The van der Waals surface area contributed by atoms with Gasteiger partial charge in [0.15, 0.2) is 0 Å². The maximum atomic E-state index is 12.1. The SMILES string of the molecule is CCCNC(=O)C(C)(C)COc1cccc([N+](=O)[O-])c1CN=O. The largest absolute Gasteiger partial charge is 0.492 e. The Kier molecular flexibility index (Phi) is 6.62. The fraction of sp³-hybridized carbons (Fsp3) is 0.533. The molecule has 1 aromatic rings. The molecule has 0 aromatic heterocycles. The highest BCUT2D eigenvalue weighted by molar-refractivity contribution is 5.81. The highest BCUT2D eigenvalue weighted by Gasteiger charge is 2.29. The molecule has 1 N–H and O–H groups in total. The molecule has 0 aliphatic rings. The number of hydrogen-bond acceptors (Lipinski definition) is 6. The van der Waals surface area contributed by atoms with Crippen molar-refractivity contribution in [2.45, 2.75) is 33.7 Å². The average Bonchev–Trinajstić information content (AvgIpc) is 2.51. The number of nitrogens with zero attached hydrogens (tertiary/aromatic N) is 2.